The van der Waals surface area contributed by atoms with Crippen LogP contribution in [0.2, 0.25) is 0 Å². The lowest BCUT2D eigenvalue weighted by molar-refractivity contribution is -0.120. The summed E-state index contributed by atoms with van der Waals surface area (Å²) in [6, 6.07) is 9.24. The minimum atomic E-state index is -3.62. The zero-order valence-electron chi connectivity index (χ0n) is 13.7. The smallest absolute Gasteiger partial charge is 0.250 e. The van der Waals surface area contributed by atoms with E-state index in [2.05, 4.69) is 22.2 Å². The van der Waals surface area contributed by atoms with Crippen LogP contribution >= 0.6 is 11.3 Å². The van der Waals surface area contributed by atoms with Crippen molar-refractivity contribution in [2.24, 2.45) is 0 Å². The van der Waals surface area contributed by atoms with Gasteiger partial charge in [-0.15, -0.1) is 11.3 Å². The molecule has 1 aromatic carbocycles. The van der Waals surface area contributed by atoms with Gasteiger partial charge >= 0.3 is 0 Å². The van der Waals surface area contributed by atoms with Crippen LogP contribution in [0.1, 0.15) is 17.5 Å². The molecule has 6 nitrogen and oxygen atoms in total. The molecule has 0 saturated carbocycles. The highest BCUT2D eigenvalue weighted by molar-refractivity contribution is 7.91. The monoisotopic (exact) mass is 380 g/mol. The number of nitrogens with one attached hydrogen (secondary N) is 2. The van der Waals surface area contributed by atoms with E-state index in [0.29, 0.717) is 13.2 Å². The Morgan fingerprint density at radius 3 is 2.84 bits per heavy atom. The fourth-order valence-corrected chi connectivity index (χ4v) is 4.73. The fourth-order valence-electron chi connectivity index (χ4n) is 2.71. The number of aryl methyl sites for hydroxylation is 2. The first kappa shape index (κ1) is 17.9. The molecule has 2 aromatic rings. The van der Waals surface area contributed by atoms with Gasteiger partial charge in [-0.3, -0.25) is 4.79 Å². The van der Waals surface area contributed by atoms with Crippen molar-refractivity contribution in [1.29, 1.82) is 0 Å². The van der Waals surface area contributed by atoms with Gasteiger partial charge in [0.05, 0.1) is 13.1 Å². The summed E-state index contributed by atoms with van der Waals surface area (Å²) in [5.74, 6) is 0.408. The second-order valence-electron chi connectivity index (χ2n) is 5.74. The van der Waals surface area contributed by atoms with Gasteiger partial charge in [0, 0.05) is 0 Å². The lowest BCUT2D eigenvalue weighted by Crippen LogP contribution is -2.38. The van der Waals surface area contributed by atoms with Crippen LogP contribution < -0.4 is 14.8 Å². The summed E-state index contributed by atoms with van der Waals surface area (Å²) in [5.41, 5.74) is 2.73. The molecule has 0 radical (unpaired) electrons. The molecule has 0 spiro atoms. The first-order valence-corrected chi connectivity index (χ1v) is 10.5. The highest BCUT2D eigenvalue weighted by Crippen LogP contribution is 2.25. The van der Waals surface area contributed by atoms with Gasteiger partial charge in [0.1, 0.15) is 16.6 Å². The lowest BCUT2D eigenvalue weighted by atomic mass is 10.1. The van der Waals surface area contributed by atoms with Crippen molar-refractivity contribution >= 4 is 27.3 Å². The van der Waals surface area contributed by atoms with Gasteiger partial charge in [-0.25, -0.2) is 13.1 Å². The topological polar surface area (TPSA) is 84.5 Å². The summed E-state index contributed by atoms with van der Waals surface area (Å²) in [4.78, 5) is 11.7. The van der Waals surface area contributed by atoms with Gasteiger partial charge in [-0.05, 0) is 54.0 Å². The molecule has 25 heavy (non-hydrogen) atoms. The van der Waals surface area contributed by atoms with Crippen molar-refractivity contribution in [3.63, 3.8) is 0 Å². The highest BCUT2D eigenvalue weighted by Gasteiger charge is 2.16. The Balaban J connectivity index is 1.37. The Labute approximate surface area is 151 Å². The van der Waals surface area contributed by atoms with E-state index in [1.54, 1.807) is 11.4 Å². The summed E-state index contributed by atoms with van der Waals surface area (Å²) in [6.07, 6.45) is 3.41. The van der Waals surface area contributed by atoms with E-state index in [4.69, 9.17) is 4.74 Å². The fraction of sp³-hybridized carbons (Fsp3) is 0.353. The van der Waals surface area contributed by atoms with Gasteiger partial charge in [-0.2, -0.15) is 0 Å². The van der Waals surface area contributed by atoms with E-state index in [1.807, 2.05) is 6.07 Å². The van der Waals surface area contributed by atoms with Crippen LogP contribution in [0.25, 0.3) is 0 Å². The third-order valence-corrected chi connectivity index (χ3v) is 6.74. The first-order valence-electron chi connectivity index (χ1n) is 8.09. The Morgan fingerprint density at radius 2 is 2.04 bits per heavy atom. The van der Waals surface area contributed by atoms with E-state index in [1.165, 1.54) is 23.6 Å². The molecule has 3 rings (SSSR count). The number of hydrogen-bond donors (Lipinski definition) is 2. The zero-order valence-corrected chi connectivity index (χ0v) is 15.3. The molecule has 1 heterocycles. The van der Waals surface area contributed by atoms with Crippen molar-refractivity contribution in [2.45, 2.75) is 23.5 Å². The largest absolute Gasteiger partial charge is 0.492 e. The quantitative estimate of drug-likeness (QED) is 0.683. The van der Waals surface area contributed by atoms with E-state index >= 15 is 0 Å². The second kappa shape index (κ2) is 7.99. The maximum absolute atomic E-state index is 11.9. The number of hydrogen-bond acceptors (Lipinski definition) is 5. The van der Waals surface area contributed by atoms with Gasteiger partial charge in [0.2, 0.25) is 5.91 Å². The van der Waals surface area contributed by atoms with E-state index < -0.39 is 15.9 Å². The first-order chi connectivity index (χ1) is 12.0. The summed E-state index contributed by atoms with van der Waals surface area (Å²) < 4.78 is 31.9. The Hall–Kier alpha value is -1.90. The second-order valence-corrected chi connectivity index (χ2v) is 8.68. The molecule has 0 saturated heterocycles. The van der Waals surface area contributed by atoms with Crippen molar-refractivity contribution in [2.75, 3.05) is 19.7 Å². The molecule has 8 heteroatoms. The molecule has 1 aliphatic carbocycles. The molecule has 0 fully saturated rings. The Kier molecular flexibility index (Phi) is 5.72. The van der Waals surface area contributed by atoms with E-state index in [-0.39, 0.29) is 10.8 Å². The zero-order chi connectivity index (χ0) is 17.7. The number of carbonyl (C=O) groups is 1. The minimum Gasteiger partial charge on any atom is -0.492 e. The molecule has 0 bridgehead atoms. The Morgan fingerprint density at radius 1 is 1.20 bits per heavy atom. The van der Waals surface area contributed by atoms with Gasteiger partial charge in [0.25, 0.3) is 10.0 Å². The molecule has 1 amide bonds. The average molecular weight is 380 g/mol. The Bertz CT molecular complexity index is 832. The third kappa shape index (κ3) is 4.81. The number of ether oxygens (including phenoxy) is 1. The molecular formula is C17H20N2O4S2. The number of sulfonamides is 1. The SMILES string of the molecule is O=C(CNS(=O)(=O)c1cccs1)NCCOc1ccc2c(c1)CCC2. The summed E-state index contributed by atoms with van der Waals surface area (Å²) in [6.45, 7) is 0.359. The molecule has 1 aliphatic rings. The van der Waals surface area contributed by atoms with Gasteiger partial charge in [0.15, 0.2) is 0 Å². The number of rotatable bonds is 8. The predicted octanol–water partition coefficient (Wildman–Crippen LogP) is 1.71. The number of carbonyl (C=O) groups excluding carboxylic acids is 1. The minimum absolute atomic E-state index is 0.195. The van der Waals surface area contributed by atoms with Crippen molar-refractivity contribution < 1.29 is 17.9 Å². The number of amides is 1. The van der Waals surface area contributed by atoms with Crippen LogP contribution in [0.5, 0.6) is 5.75 Å². The van der Waals surface area contributed by atoms with E-state index in [0.717, 1.165) is 29.9 Å². The van der Waals surface area contributed by atoms with Crippen LogP contribution in [-0.2, 0) is 27.7 Å². The standard InChI is InChI=1S/C17H20N2O4S2/c20-16(12-19-25(21,22)17-5-2-10-24-17)18-8-9-23-15-7-6-13-3-1-4-14(13)11-15/h2,5-7,10-11,19H,1,3-4,8-9,12H2,(H,18,20). The molecule has 1 aromatic heterocycles. The normalized spacial score (nSPS) is 13.4. The molecule has 2 N–H and O–H groups in total. The molecule has 0 unspecified atom stereocenters. The summed E-state index contributed by atoms with van der Waals surface area (Å²) in [7, 11) is -3.62. The number of fused-ring (bicyclic) bond motifs is 1. The maximum atomic E-state index is 11.9. The lowest BCUT2D eigenvalue weighted by Gasteiger charge is -2.09. The van der Waals surface area contributed by atoms with Gasteiger partial charge in [-0.1, -0.05) is 12.1 Å². The molecule has 134 valence electrons. The van der Waals surface area contributed by atoms with Crippen LogP contribution in [0, 0.1) is 0 Å². The summed E-state index contributed by atoms with van der Waals surface area (Å²) in [5, 5.41) is 4.31. The number of benzene rings is 1. The molecule has 0 atom stereocenters. The molecule has 0 aliphatic heterocycles. The summed E-state index contributed by atoms with van der Waals surface area (Å²) >= 11 is 1.11. The number of thiophene rings is 1. The van der Waals surface area contributed by atoms with Gasteiger partial charge < -0.3 is 10.1 Å². The van der Waals surface area contributed by atoms with Crippen LogP contribution in [0.3, 0.4) is 0 Å². The van der Waals surface area contributed by atoms with E-state index in [9.17, 15) is 13.2 Å². The van der Waals surface area contributed by atoms with Crippen LogP contribution in [-0.4, -0.2) is 34.0 Å². The van der Waals surface area contributed by atoms with Crippen molar-refractivity contribution in [1.82, 2.24) is 10.0 Å². The van der Waals surface area contributed by atoms with Crippen LogP contribution in [0.4, 0.5) is 0 Å². The maximum Gasteiger partial charge on any atom is 0.250 e. The highest BCUT2D eigenvalue weighted by atomic mass is 32.2. The predicted molar refractivity (Wildman–Crippen MR) is 96.5 cm³/mol. The van der Waals surface area contributed by atoms with Crippen molar-refractivity contribution in [3.8, 4) is 5.75 Å². The average Bonchev–Trinajstić information content (AvgIpc) is 3.28. The van der Waals surface area contributed by atoms with Crippen LogP contribution in [0.15, 0.2) is 39.9 Å². The van der Waals surface area contributed by atoms with Crippen molar-refractivity contribution in [3.05, 3.63) is 46.8 Å². The third-order valence-electron chi connectivity index (χ3n) is 3.95. The molecular weight excluding hydrogens is 360 g/mol.